The lowest BCUT2D eigenvalue weighted by molar-refractivity contribution is 0.0791. The van der Waals surface area contributed by atoms with E-state index in [1.54, 1.807) is 12.1 Å². The van der Waals surface area contributed by atoms with Crippen LogP contribution in [0.15, 0.2) is 36.4 Å². The zero-order chi connectivity index (χ0) is 16.6. The molecule has 5 heteroatoms. The van der Waals surface area contributed by atoms with Gasteiger partial charge in [-0.25, -0.2) is 0 Å². The highest BCUT2D eigenvalue weighted by Gasteiger charge is 2.29. The number of hydrogen-bond acceptors (Lipinski definition) is 2. The summed E-state index contributed by atoms with van der Waals surface area (Å²) in [7, 11) is 0. The summed E-state index contributed by atoms with van der Waals surface area (Å²) < 4.78 is 0. The Kier molecular flexibility index (Phi) is 4.62. The number of benzene rings is 2. The summed E-state index contributed by atoms with van der Waals surface area (Å²) in [5, 5.41) is 14.0. The highest BCUT2D eigenvalue weighted by atomic mass is 35.5. The molecule has 1 aliphatic carbocycles. The Morgan fingerprint density at radius 2 is 1.96 bits per heavy atom. The van der Waals surface area contributed by atoms with Gasteiger partial charge in [-0.05, 0) is 49.1 Å². The Hall–Kier alpha value is -1.55. The summed E-state index contributed by atoms with van der Waals surface area (Å²) in [6, 6.07) is 10.5. The Morgan fingerprint density at radius 1 is 1.17 bits per heavy atom. The summed E-state index contributed by atoms with van der Waals surface area (Å²) >= 11 is 11.9. The molecule has 1 aliphatic rings. The van der Waals surface area contributed by atoms with Gasteiger partial charge in [0.2, 0.25) is 0 Å². The van der Waals surface area contributed by atoms with Crippen molar-refractivity contribution in [2.75, 3.05) is 0 Å². The molecule has 2 aromatic rings. The third-order valence-electron chi connectivity index (χ3n) is 4.20. The van der Waals surface area contributed by atoms with Crippen molar-refractivity contribution in [2.45, 2.75) is 31.9 Å². The zero-order valence-corrected chi connectivity index (χ0v) is 14.2. The van der Waals surface area contributed by atoms with Crippen molar-refractivity contribution in [3.05, 3.63) is 68.7 Å². The maximum Gasteiger partial charge on any atom is 0.251 e. The van der Waals surface area contributed by atoms with Gasteiger partial charge in [-0.15, -0.1) is 0 Å². The van der Waals surface area contributed by atoms with Crippen LogP contribution >= 0.6 is 23.2 Å². The molecule has 1 amide bonds. The molecule has 2 atom stereocenters. The number of carbonyl (C=O) groups excluding carboxylic acids is 1. The standard InChI is InChI=1S/C18H17Cl2NO2/c1-10-2-3-11-5-7-16(22)17(13(11)8-10)21-18(23)12-4-6-14(19)15(20)9-12/h2-4,6,8-9,16-17,22H,5,7H2,1H3,(H,21,23). The maximum absolute atomic E-state index is 12.5. The number of aliphatic hydroxyl groups excluding tert-OH is 1. The largest absolute Gasteiger partial charge is 0.391 e. The molecule has 23 heavy (non-hydrogen) atoms. The third kappa shape index (κ3) is 3.37. The van der Waals surface area contributed by atoms with Gasteiger partial charge >= 0.3 is 0 Å². The van der Waals surface area contributed by atoms with E-state index in [0.717, 1.165) is 17.5 Å². The fourth-order valence-corrected chi connectivity index (χ4v) is 3.24. The molecule has 0 heterocycles. The van der Waals surface area contributed by atoms with E-state index in [4.69, 9.17) is 23.2 Å². The third-order valence-corrected chi connectivity index (χ3v) is 4.94. The van der Waals surface area contributed by atoms with Crippen LogP contribution in [0.3, 0.4) is 0 Å². The van der Waals surface area contributed by atoms with Crippen molar-refractivity contribution in [3.8, 4) is 0 Å². The minimum Gasteiger partial charge on any atom is -0.391 e. The molecule has 0 fully saturated rings. The molecule has 0 spiro atoms. The Morgan fingerprint density at radius 3 is 2.70 bits per heavy atom. The number of hydrogen-bond donors (Lipinski definition) is 2. The molecule has 0 aliphatic heterocycles. The van der Waals surface area contributed by atoms with Gasteiger partial charge in [-0.1, -0.05) is 47.0 Å². The zero-order valence-electron chi connectivity index (χ0n) is 12.6. The molecule has 3 rings (SSSR count). The summed E-state index contributed by atoms with van der Waals surface area (Å²) in [6.45, 7) is 2.00. The number of carbonyl (C=O) groups is 1. The lowest BCUT2D eigenvalue weighted by Gasteiger charge is -2.31. The van der Waals surface area contributed by atoms with Crippen LogP contribution in [0.4, 0.5) is 0 Å². The van der Waals surface area contributed by atoms with Crippen LogP contribution in [0.5, 0.6) is 0 Å². The second-order valence-electron chi connectivity index (χ2n) is 5.89. The quantitative estimate of drug-likeness (QED) is 0.858. The molecule has 0 saturated heterocycles. The average molecular weight is 350 g/mol. The molecular weight excluding hydrogens is 333 g/mol. The topological polar surface area (TPSA) is 49.3 Å². The summed E-state index contributed by atoms with van der Waals surface area (Å²) in [6.07, 6.45) is 0.842. The van der Waals surface area contributed by atoms with Crippen LogP contribution in [0.25, 0.3) is 0 Å². The normalized spacial score (nSPS) is 20.0. The van der Waals surface area contributed by atoms with Crippen molar-refractivity contribution < 1.29 is 9.90 Å². The molecule has 0 saturated carbocycles. The minimum absolute atomic E-state index is 0.276. The molecule has 0 aromatic heterocycles. The summed E-state index contributed by atoms with van der Waals surface area (Å²) in [5.41, 5.74) is 3.68. The van der Waals surface area contributed by atoms with E-state index in [0.29, 0.717) is 22.0 Å². The molecule has 0 bridgehead atoms. The first-order valence-corrected chi connectivity index (χ1v) is 8.24. The minimum atomic E-state index is -0.601. The van der Waals surface area contributed by atoms with Crippen LogP contribution < -0.4 is 5.32 Å². The van der Waals surface area contributed by atoms with Crippen molar-refractivity contribution >= 4 is 29.1 Å². The van der Waals surface area contributed by atoms with Gasteiger partial charge in [0.25, 0.3) is 5.91 Å². The second kappa shape index (κ2) is 6.52. The molecule has 0 radical (unpaired) electrons. The van der Waals surface area contributed by atoms with Gasteiger partial charge in [-0.2, -0.15) is 0 Å². The number of fused-ring (bicyclic) bond motifs is 1. The fourth-order valence-electron chi connectivity index (χ4n) is 2.94. The van der Waals surface area contributed by atoms with E-state index in [-0.39, 0.29) is 5.91 Å². The molecule has 120 valence electrons. The first-order chi connectivity index (χ1) is 11.0. The number of amides is 1. The molecular formula is C18H17Cl2NO2. The molecule has 2 unspecified atom stereocenters. The predicted octanol–water partition coefficient (Wildman–Crippen LogP) is 4.08. The van der Waals surface area contributed by atoms with Gasteiger partial charge in [0.05, 0.1) is 22.2 Å². The van der Waals surface area contributed by atoms with E-state index in [1.165, 1.54) is 11.6 Å². The maximum atomic E-state index is 12.5. The average Bonchev–Trinajstić information content (AvgIpc) is 2.52. The molecule has 2 aromatic carbocycles. The SMILES string of the molecule is Cc1ccc2c(c1)C(NC(=O)c1ccc(Cl)c(Cl)c1)C(O)CC2. The van der Waals surface area contributed by atoms with Crippen LogP contribution in [-0.4, -0.2) is 17.1 Å². The van der Waals surface area contributed by atoms with Gasteiger partial charge in [0, 0.05) is 5.56 Å². The first-order valence-electron chi connectivity index (χ1n) is 7.49. The van der Waals surface area contributed by atoms with Crippen LogP contribution in [0, 0.1) is 6.92 Å². The first kappa shape index (κ1) is 16.3. The van der Waals surface area contributed by atoms with Crippen LogP contribution in [0.1, 0.15) is 39.5 Å². The van der Waals surface area contributed by atoms with E-state index in [1.807, 2.05) is 19.1 Å². The van der Waals surface area contributed by atoms with Crippen LogP contribution in [0.2, 0.25) is 10.0 Å². The van der Waals surface area contributed by atoms with Crippen molar-refractivity contribution in [2.24, 2.45) is 0 Å². The highest BCUT2D eigenvalue weighted by molar-refractivity contribution is 6.42. The summed E-state index contributed by atoms with van der Waals surface area (Å²) in [4.78, 5) is 12.5. The molecule has 2 N–H and O–H groups in total. The van der Waals surface area contributed by atoms with Gasteiger partial charge in [0.15, 0.2) is 0 Å². The lowest BCUT2D eigenvalue weighted by atomic mass is 9.84. The van der Waals surface area contributed by atoms with Crippen molar-refractivity contribution in [1.82, 2.24) is 5.32 Å². The van der Waals surface area contributed by atoms with Gasteiger partial charge in [0.1, 0.15) is 0 Å². The van der Waals surface area contributed by atoms with E-state index >= 15 is 0 Å². The van der Waals surface area contributed by atoms with E-state index in [9.17, 15) is 9.90 Å². The van der Waals surface area contributed by atoms with Gasteiger partial charge in [-0.3, -0.25) is 4.79 Å². The van der Waals surface area contributed by atoms with Crippen molar-refractivity contribution in [3.63, 3.8) is 0 Å². The number of rotatable bonds is 2. The number of halogens is 2. The Labute approximate surface area is 145 Å². The van der Waals surface area contributed by atoms with Crippen molar-refractivity contribution in [1.29, 1.82) is 0 Å². The van der Waals surface area contributed by atoms with Crippen LogP contribution in [-0.2, 0) is 6.42 Å². The van der Waals surface area contributed by atoms with Gasteiger partial charge < -0.3 is 10.4 Å². The monoisotopic (exact) mass is 349 g/mol. The Balaban J connectivity index is 1.88. The molecule has 3 nitrogen and oxygen atoms in total. The fraction of sp³-hybridized carbons (Fsp3) is 0.278. The number of nitrogens with one attached hydrogen (secondary N) is 1. The lowest BCUT2D eigenvalue weighted by Crippen LogP contribution is -2.39. The highest BCUT2D eigenvalue weighted by Crippen LogP contribution is 2.31. The predicted molar refractivity (Wildman–Crippen MR) is 92.2 cm³/mol. The number of aryl methyl sites for hydroxylation is 2. The summed E-state index contributed by atoms with van der Waals surface area (Å²) in [5.74, 6) is -0.276. The second-order valence-corrected chi connectivity index (χ2v) is 6.70. The Bertz CT molecular complexity index is 761. The van der Waals surface area contributed by atoms with E-state index in [2.05, 4.69) is 11.4 Å². The van der Waals surface area contributed by atoms with E-state index < -0.39 is 12.1 Å². The number of aliphatic hydroxyl groups is 1. The smallest absolute Gasteiger partial charge is 0.251 e.